The van der Waals surface area contributed by atoms with Crippen molar-refractivity contribution in [3.05, 3.63) is 108 Å². The average molecular weight is 714 g/mol. The third-order valence-electron chi connectivity index (χ3n) is 10.3. The molecule has 2 heterocycles. The molecule has 0 bridgehead atoms. The van der Waals surface area contributed by atoms with E-state index in [2.05, 4.69) is 69.2 Å². The van der Waals surface area contributed by atoms with Crippen molar-refractivity contribution in [2.75, 3.05) is 18.0 Å². The van der Waals surface area contributed by atoms with Crippen molar-refractivity contribution in [2.45, 2.75) is 81.4 Å². The fourth-order valence-corrected chi connectivity index (χ4v) is 9.21. The van der Waals surface area contributed by atoms with E-state index in [1.54, 1.807) is 24.3 Å². The van der Waals surface area contributed by atoms with E-state index >= 15 is 0 Å². The smallest absolute Gasteiger partial charge is 0.295 e. The molecule has 2 aliphatic heterocycles. The van der Waals surface area contributed by atoms with Gasteiger partial charge >= 0.3 is 0 Å². The molecule has 4 aromatic carbocycles. The highest BCUT2D eigenvalue weighted by molar-refractivity contribution is 7.86. The summed E-state index contributed by atoms with van der Waals surface area (Å²) < 4.78 is 70.6. The maximum atomic E-state index is 12.2. The summed E-state index contributed by atoms with van der Waals surface area (Å²) in [4.78, 5) is 2.04. The van der Waals surface area contributed by atoms with E-state index in [9.17, 15) is 25.9 Å². The lowest BCUT2D eigenvalue weighted by Crippen LogP contribution is -2.28. The zero-order valence-electron chi connectivity index (χ0n) is 29.4. The fraction of sp³-hybridized carbons (Fsp3) is 0.325. The van der Waals surface area contributed by atoms with Crippen LogP contribution in [0.3, 0.4) is 0 Å². The number of unbranched alkanes of at least 4 members (excludes halogenated alkanes) is 2. The van der Waals surface area contributed by atoms with Crippen LogP contribution in [0.1, 0.15) is 71.9 Å². The van der Waals surface area contributed by atoms with Gasteiger partial charge in [0.25, 0.3) is 20.2 Å². The molecule has 0 atom stereocenters. The normalized spacial score (nSPS) is 18.0. The van der Waals surface area contributed by atoms with Gasteiger partial charge in [0.15, 0.2) is 5.71 Å². The predicted octanol–water partition coefficient (Wildman–Crippen LogP) is 8.87. The molecular weight excluding hydrogens is 669 g/mol. The highest BCUT2D eigenvalue weighted by Gasteiger charge is 2.45. The second kappa shape index (κ2) is 12.9. The van der Waals surface area contributed by atoms with Gasteiger partial charge in [-0.25, -0.2) is 0 Å². The molecule has 0 amide bonds. The van der Waals surface area contributed by atoms with Gasteiger partial charge in [0.1, 0.15) is 11.4 Å². The molecule has 4 aromatic rings. The Morgan fingerprint density at radius 3 is 2.18 bits per heavy atom. The minimum atomic E-state index is -4.39. The van der Waals surface area contributed by atoms with Crippen LogP contribution < -0.4 is 4.90 Å². The average Bonchev–Trinajstić information content (AvgIpc) is 3.41. The van der Waals surface area contributed by atoms with Crippen molar-refractivity contribution in [1.82, 2.24) is 0 Å². The summed E-state index contributed by atoms with van der Waals surface area (Å²) in [6.45, 7) is 14.4. The van der Waals surface area contributed by atoms with Crippen molar-refractivity contribution in [2.24, 2.45) is 0 Å². The number of nitrogens with zero attached hydrogens (tertiary/aromatic N) is 2. The summed E-state index contributed by atoms with van der Waals surface area (Å²) in [5, 5.41) is 3.02. The maximum absolute atomic E-state index is 12.2. The number of hydrogen-bond donors (Lipinski definition) is 2. The Balaban J connectivity index is 1.38. The molecule has 0 spiro atoms. The van der Waals surface area contributed by atoms with Crippen LogP contribution in [0.25, 0.3) is 21.5 Å². The minimum absolute atomic E-state index is 0.0933. The van der Waals surface area contributed by atoms with Crippen LogP contribution in [0, 0.1) is 0 Å². The SMILES string of the molecule is CCCCC[N+]1=C(/C=C/C=C/C=C2\N(CC)c3ccc4c(S(=O)(=O)O)cccc4c3C2(C)C)C(C)(C)c2c1ccc1ccc(S(=O)(=O)O)cc21. The molecule has 0 aliphatic carbocycles. The van der Waals surface area contributed by atoms with Gasteiger partial charge < -0.3 is 4.90 Å². The van der Waals surface area contributed by atoms with Crippen molar-refractivity contribution in [1.29, 1.82) is 0 Å². The van der Waals surface area contributed by atoms with Gasteiger partial charge in [-0.3, -0.25) is 9.11 Å². The lowest BCUT2D eigenvalue weighted by molar-refractivity contribution is -0.438. The molecule has 0 aromatic heterocycles. The van der Waals surface area contributed by atoms with Gasteiger partial charge in [-0.15, -0.1) is 0 Å². The molecule has 0 unspecified atom stereocenters. The lowest BCUT2D eigenvalue weighted by Gasteiger charge is -2.26. The van der Waals surface area contributed by atoms with Crippen LogP contribution in [-0.4, -0.2) is 49.3 Å². The topological polar surface area (TPSA) is 115 Å². The lowest BCUT2D eigenvalue weighted by atomic mass is 9.79. The van der Waals surface area contributed by atoms with Crippen LogP contribution in [0.15, 0.2) is 107 Å². The molecule has 6 rings (SSSR count). The van der Waals surface area contributed by atoms with E-state index in [4.69, 9.17) is 0 Å². The second-order valence-corrected chi connectivity index (χ2v) is 16.9. The Kier molecular flexibility index (Phi) is 9.22. The first-order chi connectivity index (χ1) is 23.5. The van der Waals surface area contributed by atoms with Gasteiger partial charge in [0, 0.05) is 52.9 Å². The number of allylic oxidation sites excluding steroid dienone is 6. The van der Waals surface area contributed by atoms with Gasteiger partial charge in [0.05, 0.1) is 10.3 Å². The number of likely N-dealkylation sites (N-methyl/N-ethyl adjacent to an activating group) is 1. The monoisotopic (exact) mass is 713 g/mol. The number of fused-ring (bicyclic) bond motifs is 6. The van der Waals surface area contributed by atoms with E-state index < -0.39 is 31.1 Å². The van der Waals surface area contributed by atoms with Crippen LogP contribution in [0.4, 0.5) is 11.4 Å². The van der Waals surface area contributed by atoms with Crippen molar-refractivity contribution in [3.8, 4) is 0 Å². The summed E-state index contributed by atoms with van der Waals surface area (Å²) >= 11 is 0. The zero-order valence-corrected chi connectivity index (χ0v) is 31.1. The number of hydrogen-bond acceptors (Lipinski definition) is 5. The van der Waals surface area contributed by atoms with Crippen LogP contribution >= 0.6 is 0 Å². The molecule has 0 saturated heterocycles. The van der Waals surface area contributed by atoms with E-state index in [0.29, 0.717) is 5.39 Å². The standard InChI is InChI=1S/C40H44N2O6S2/c1-7-9-13-25-42-33-23-20-27-19-21-28(49(43,44)45)26-31(27)38(33)40(5,6)36(42)18-12-10-11-17-35-39(3,4)37-30-15-14-16-34(50(46,47)48)29(30)22-24-32(37)41(35)8-2/h10-12,14-24,26H,7-9,13,25H2,1-6H3,(H-,43,44,45,46,47,48)/p+1. The largest absolute Gasteiger partial charge is 0.344 e. The molecule has 2 N–H and O–H groups in total. The molecule has 10 heteroatoms. The van der Waals surface area contributed by atoms with Gasteiger partial charge in [-0.2, -0.15) is 21.4 Å². The Morgan fingerprint density at radius 2 is 1.50 bits per heavy atom. The summed E-state index contributed by atoms with van der Waals surface area (Å²) in [7, 11) is -8.75. The number of rotatable bonds is 10. The van der Waals surface area contributed by atoms with Gasteiger partial charge in [-0.1, -0.05) is 69.7 Å². The maximum Gasteiger partial charge on any atom is 0.295 e. The van der Waals surface area contributed by atoms with E-state index in [-0.39, 0.29) is 9.79 Å². The minimum Gasteiger partial charge on any atom is -0.344 e. The molecular formula is C40H45N2O6S2+. The molecule has 8 nitrogen and oxygen atoms in total. The molecule has 0 fully saturated rings. The van der Waals surface area contributed by atoms with Crippen LogP contribution in [0.5, 0.6) is 0 Å². The second-order valence-electron chi connectivity index (χ2n) is 14.1. The van der Waals surface area contributed by atoms with E-state index in [1.165, 1.54) is 12.1 Å². The van der Waals surface area contributed by atoms with E-state index in [1.807, 2.05) is 36.4 Å². The first-order valence-corrected chi connectivity index (χ1v) is 20.0. The Bertz CT molecular complexity index is 2380. The summed E-state index contributed by atoms with van der Waals surface area (Å²) in [5.74, 6) is 0. The Morgan fingerprint density at radius 1 is 0.760 bits per heavy atom. The third kappa shape index (κ3) is 6.02. The molecule has 0 radical (unpaired) electrons. The van der Waals surface area contributed by atoms with Crippen molar-refractivity contribution in [3.63, 3.8) is 0 Å². The molecule has 2 aliphatic rings. The number of anilines is 1. The number of benzene rings is 4. The summed E-state index contributed by atoms with van der Waals surface area (Å²) in [5.41, 5.74) is 5.41. The van der Waals surface area contributed by atoms with Gasteiger partial charge in [0.2, 0.25) is 5.69 Å². The molecule has 0 saturated carbocycles. The summed E-state index contributed by atoms with van der Waals surface area (Å²) in [6.07, 6.45) is 13.5. The van der Waals surface area contributed by atoms with Crippen LogP contribution in [-0.2, 0) is 31.1 Å². The van der Waals surface area contributed by atoms with Crippen LogP contribution in [0.2, 0.25) is 0 Å². The third-order valence-corrected chi connectivity index (χ3v) is 12.0. The highest BCUT2D eigenvalue weighted by Crippen LogP contribution is 2.51. The Labute approximate surface area is 295 Å². The Hall–Kier alpha value is -4.09. The molecule has 262 valence electrons. The molecule has 50 heavy (non-hydrogen) atoms. The van der Waals surface area contributed by atoms with Gasteiger partial charge in [-0.05, 0) is 85.3 Å². The highest BCUT2D eigenvalue weighted by atomic mass is 32.2. The fourth-order valence-electron chi connectivity index (χ4n) is 8.00. The first kappa shape index (κ1) is 35.7. The quantitative estimate of drug-likeness (QED) is 0.0730. The zero-order chi connectivity index (χ0) is 36.2. The summed E-state index contributed by atoms with van der Waals surface area (Å²) in [6, 6.07) is 17.6. The van der Waals surface area contributed by atoms with Crippen molar-refractivity contribution >= 4 is 58.9 Å². The predicted molar refractivity (Wildman–Crippen MR) is 202 cm³/mol. The first-order valence-electron chi connectivity index (χ1n) is 17.1. The van der Waals surface area contributed by atoms with E-state index in [0.717, 1.165) is 82.4 Å². The van der Waals surface area contributed by atoms with Crippen molar-refractivity contribution < 1.29 is 30.5 Å².